The van der Waals surface area contributed by atoms with Gasteiger partial charge in [-0.2, -0.15) is 0 Å². The van der Waals surface area contributed by atoms with Crippen molar-refractivity contribution in [1.29, 1.82) is 0 Å². The van der Waals surface area contributed by atoms with Crippen LogP contribution in [0.2, 0.25) is 0 Å². The van der Waals surface area contributed by atoms with Crippen LogP contribution < -0.4 is 0 Å². The molecule has 52 valence electrons. The van der Waals surface area contributed by atoms with Crippen LogP contribution in [0.3, 0.4) is 0 Å². The molecule has 0 bridgehead atoms. The summed E-state index contributed by atoms with van der Waals surface area (Å²) in [7, 11) is 2.06. The van der Waals surface area contributed by atoms with Gasteiger partial charge in [-0.25, -0.2) is 0 Å². The molecule has 1 N–H and O–H groups in total. The van der Waals surface area contributed by atoms with Crippen LogP contribution in [0.15, 0.2) is 12.3 Å². The van der Waals surface area contributed by atoms with Crippen molar-refractivity contribution in [3.8, 4) is 0 Å². The molecule has 2 heteroatoms. The molecule has 0 saturated carbocycles. The summed E-state index contributed by atoms with van der Waals surface area (Å²) in [6, 6.07) is 0. The molecule has 1 atom stereocenters. The number of rotatable bonds is 1. The first-order valence-electron chi connectivity index (χ1n) is 3.26. The number of likely N-dealkylation sites (tertiary alicyclic amines) is 1. The van der Waals surface area contributed by atoms with E-state index in [4.69, 9.17) is 5.11 Å². The molecular weight excluding hydrogens is 114 g/mol. The van der Waals surface area contributed by atoms with E-state index in [1.165, 1.54) is 0 Å². The summed E-state index contributed by atoms with van der Waals surface area (Å²) in [5.74, 6) is 0.675. The van der Waals surface area contributed by atoms with E-state index in [0.717, 1.165) is 19.5 Å². The second-order valence-corrected chi connectivity index (χ2v) is 2.74. The average Bonchev–Trinajstić information content (AvgIpc) is 2.14. The molecule has 1 rings (SSSR count). The number of nitrogens with zero attached hydrogens (tertiary/aromatic N) is 1. The Morgan fingerprint density at radius 2 is 2.44 bits per heavy atom. The van der Waals surface area contributed by atoms with Crippen molar-refractivity contribution in [1.82, 2.24) is 4.90 Å². The van der Waals surface area contributed by atoms with Crippen molar-refractivity contribution in [2.24, 2.45) is 5.92 Å². The van der Waals surface area contributed by atoms with Crippen LogP contribution >= 0.6 is 0 Å². The van der Waals surface area contributed by atoms with Crippen molar-refractivity contribution >= 4 is 0 Å². The Kier molecular flexibility index (Phi) is 1.76. The Balaban J connectivity index is 2.39. The van der Waals surface area contributed by atoms with Crippen LogP contribution in [-0.2, 0) is 0 Å². The highest BCUT2D eigenvalue weighted by Gasteiger charge is 2.20. The normalized spacial score (nSPS) is 28.8. The van der Waals surface area contributed by atoms with Gasteiger partial charge in [-0.3, -0.25) is 0 Å². The van der Waals surface area contributed by atoms with Gasteiger partial charge in [-0.05, 0) is 20.0 Å². The van der Waals surface area contributed by atoms with Crippen LogP contribution in [0.25, 0.3) is 0 Å². The molecule has 1 aliphatic heterocycles. The molecule has 1 heterocycles. The molecule has 2 nitrogen and oxygen atoms in total. The average molecular weight is 127 g/mol. The fraction of sp³-hybridized carbons (Fsp3) is 0.714. The van der Waals surface area contributed by atoms with E-state index in [2.05, 4.69) is 18.5 Å². The zero-order valence-corrected chi connectivity index (χ0v) is 5.80. The van der Waals surface area contributed by atoms with E-state index < -0.39 is 0 Å². The van der Waals surface area contributed by atoms with Crippen LogP contribution in [0.1, 0.15) is 6.42 Å². The van der Waals surface area contributed by atoms with Gasteiger partial charge in [0.05, 0.1) is 5.76 Å². The van der Waals surface area contributed by atoms with Gasteiger partial charge in [0.25, 0.3) is 0 Å². The number of hydrogen-bond acceptors (Lipinski definition) is 2. The first-order valence-corrected chi connectivity index (χ1v) is 3.26. The summed E-state index contributed by atoms with van der Waals surface area (Å²) in [5, 5.41) is 8.95. The molecule has 1 fully saturated rings. The summed E-state index contributed by atoms with van der Waals surface area (Å²) in [5.41, 5.74) is 0. The molecule has 0 aromatic carbocycles. The first-order chi connectivity index (χ1) is 4.20. The van der Waals surface area contributed by atoms with Crippen molar-refractivity contribution in [2.45, 2.75) is 6.42 Å². The fourth-order valence-electron chi connectivity index (χ4n) is 1.21. The van der Waals surface area contributed by atoms with Gasteiger partial charge in [0.2, 0.25) is 0 Å². The van der Waals surface area contributed by atoms with Crippen molar-refractivity contribution < 1.29 is 5.11 Å². The molecule has 1 saturated heterocycles. The molecule has 0 aliphatic carbocycles. The maximum Gasteiger partial charge on any atom is 0.0895 e. The Morgan fingerprint density at radius 3 is 2.67 bits per heavy atom. The lowest BCUT2D eigenvalue weighted by atomic mass is 10.1. The van der Waals surface area contributed by atoms with E-state index in [1.54, 1.807) is 0 Å². The van der Waals surface area contributed by atoms with Gasteiger partial charge in [0.1, 0.15) is 0 Å². The summed E-state index contributed by atoms with van der Waals surface area (Å²) in [4.78, 5) is 2.20. The molecule has 0 aromatic heterocycles. The minimum Gasteiger partial charge on any atom is -0.513 e. The standard InChI is InChI=1S/C7H13NO/c1-6(9)7-3-4-8(2)5-7/h7,9H,1,3-5H2,2H3. The highest BCUT2D eigenvalue weighted by atomic mass is 16.3. The van der Waals surface area contributed by atoms with Crippen molar-refractivity contribution in [3.63, 3.8) is 0 Å². The van der Waals surface area contributed by atoms with Gasteiger partial charge in [-0.15, -0.1) is 0 Å². The lowest BCUT2D eigenvalue weighted by molar-refractivity contribution is 0.323. The third kappa shape index (κ3) is 1.45. The third-order valence-electron chi connectivity index (χ3n) is 1.86. The second kappa shape index (κ2) is 2.40. The Morgan fingerprint density at radius 1 is 1.78 bits per heavy atom. The van der Waals surface area contributed by atoms with E-state index >= 15 is 0 Å². The first kappa shape index (κ1) is 6.62. The summed E-state index contributed by atoms with van der Waals surface area (Å²) in [6.45, 7) is 5.56. The van der Waals surface area contributed by atoms with Gasteiger partial charge in [-0.1, -0.05) is 6.58 Å². The van der Waals surface area contributed by atoms with Crippen LogP contribution in [0.5, 0.6) is 0 Å². The molecule has 0 spiro atoms. The SMILES string of the molecule is C=C(O)C1CCN(C)C1. The zero-order chi connectivity index (χ0) is 6.85. The predicted octanol–water partition coefficient (Wildman–Crippen LogP) is 1.01. The number of aliphatic hydroxyl groups is 1. The van der Waals surface area contributed by atoms with Crippen molar-refractivity contribution in [3.05, 3.63) is 12.3 Å². The lowest BCUT2D eigenvalue weighted by Crippen LogP contribution is -2.14. The molecule has 1 unspecified atom stereocenters. The maximum absolute atomic E-state index is 8.95. The van der Waals surface area contributed by atoms with E-state index in [-0.39, 0.29) is 0 Å². The third-order valence-corrected chi connectivity index (χ3v) is 1.86. The minimum atomic E-state index is 0.329. The highest BCUT2D eigenvalue weighted by Crippen LogP contribution is 2.18. The summed E-state index contributed by atoms with van der Waals surface area (Å²) < 4.78 is 0. The molecule has 0 amide bonds. The molecule has 1 aliphatic rings. The Bertz CT molecular complexity index is 122. The molecule has 0 aromatic rings. The van der Waals surface area contributed by atoms with E-state index in [1.807, 2.05) is 0 Å². The second-order valence-electron chi connectivity index (χ2n) is 2.74. The van der Waals surface area contributed by atoms with Crippen LogP contribution in [0.4, 0.5) is 0 Å². The predicted molar refractivity (Wildman–Crippen MR) is 37.4 cm³/mol. The lowest BCUT2D eigenvalue weighted by Gasteiger charge is -2.07. The number of hydrogen-bond donors (Lipinski definition) is 1. The van der Waals surface area contributed by atoms with Gasteiger partial charge < -0.3 is 10.0 Å². The monoisotopic (exact) mass is 127 g/mol. The molecule has 9 heavy (non-hydrogen) atoms. The maximum atomic E-state index is 8.95. The summed E-state index contributed by atoms with van der Waals surface area (Å²) >= 11 is 0. The zero-order valence-electron chi connectivity index (χ0n) is 5.80. The smallest absolute Gasteiger partial charge is 0.0895 e. The fourth-order valence-corrected chi connectivity index (χ4v) is 1.21. The van der Waals surface area contributed by atoms with Gasteiger partial charge in [0, 0.05) is 12.5 Å². The van der Waals surface area contributed by atoms with Crippen molar-refractivity contribution in [2.75, 3.05) is 20.1 Å². The molecular formula is C7H13NO. The molecule has 0 radical (unpaired) electrons. The summed E-state index contributed by atoms with van der Waals surface area (Å²) in [6.07, 6.45) is 1.06. The van der Waals surface area contributed by atoms with Gasteiger partial charge >= 0.3 is 0 Å². The van der Waals surface area contributed by atoms with E-state index in [9.17, 15) is 0 Å². The number of aliphatic hydroxyl groups excluding tert-OH is 1. The van der Waals surface area contributed by atoms with Crippen LogP contribution in [0, 0.1) is 5.92 Å². The van der Waals surface area contributed by atoms with Crippen LogP contribution in [-0.4, -0.2) is 30.1 Å². The Hall–Kier alpha value is -0.500. The quantitative estimate of drug-likeness (QED) is 0.531. The minimum absolute atomic E-state index is 0.329. The Labute approximate surface area is 55.8 Å². The highest BCUT2D eigenvalue weighted by molar-refractivity contribution is 4.93. The topological polar surface area (TPSA) is 23.5 Å². The largest absolute Gasteiger partial charge is 0.513 e. The van der Waals surface area contributed by atoms with Gasteiger partial charge in [0.15, 0.2) is 0 Å². The van der Waals surface area contributed by atoms with E-state index in [0.29, 0.717) is 11.7 Å².